The Bertz CT molecular complexity index is 1160. The Labute approximate surface area is 173 Å². The minimum absolute atomic E-state index is 0.0514. The lowest BCUT2D eigenvalue weighted by atomic mass is 10.2. The minimum atomic E-state index is -0.595. The van der Waals surface area contributed by atoms with Gasteiger partial charge in [-0.1, -0.05) is 12.1 Å². The normalized spacial score (nSPS) is 11.0. The second-order valence-electron chi connectivity index (χ2n) is 5.89. The van der Waals surface area contributed by atoms with E-state index in [1.807, 2.05) is 0 Å². The van der Waals surface area contributed by atoms with Crippen LogP contribution in [0.2, 0.25) is 0 Å². The van der Waals surface area contributed by atoms with Gasteiger partial charge in [0, 0.05) is 5.56 Å². The van der Waals surface area contributed by atoms with Crippen molar-refractivity contribution in [3.63, 3.8) is 0 Å². The van der Waals surface area contributed by atoms with Gasteiger partial charge in [0.1, 0.15) is 17.3 Å². The number of halogens is 1. The number of fused-ring (bicyclic) bond motifs is 1. The molecule has 0 radical (unpaired) electrons. The van der Waals surface area contributed by atoms with E-state index in [-0.39, 0.29) is 5.75 Å². The van der Waals surface area contributed by atoms with E-state index in [4.69, 9.17) is 9.57 Å². The number of hydrazone groups is 1. The quantitative estimate of drug-likeness (QED) is 0.427. The van der Waals surface area contributed by atoms with Gasteiger partial charge in [-0.15, -0.1) is 4.73 Å². The number of hydrogen-bond acceptors (Lipinski definition) is 7. The van der Waals surface area contributed by atoms with Gasteiger partial charge in [-0.2, -0.15) is 5.10 Å². The van der Waals surface area contributed by atoms with Crippen molar-refractivity contribution in [1.29, 1.82) is 0 Å². The molecule has 0 spiro atoms. The van der Waals surface area contributed by atoms with E-state index >= 15 is 0 Å². The van der Waals surface area contributed by atoms with Crippen LogP contribution >= 0.6 is 15.9 Å². The maximum atomic E-state index is 12.5. The topological polar surface area (TPSA) is 115 Å². The number of aromatic nitrogens is 2. The van der Waals surface area contributed by atoms with E-state index in [2.05, 4.69) is 31.4 Å². The Morgan fingerprint density at radius 3 is 2.90 bits per heavy atom. The van der Waals surface area contributed by atoms with E-state index in [9.17, 15) is 14.7 Å². The first-order valence-electron chi connectivity index (χ1n) is 8.40. The van der Waals surface area contributed by atoms with Gasteiger partial charge >= 0.3 is 0 Å². The van der Waals surface area contributed by atoms with Crippen LogP contribution in [0.4, 0.5) is 0 Å². The number of carbonyl (C=O) groups is 1. The van der Waals surface area contributed by atoms with E-state index in [1.54, 1.807) is 43.3 Å². The lowest BCUT2D eigenvalue weighted by Gasteiger charge is -2.11. The summed E-state index contributed by atoms with van der Waals surface area (Å²) < 4.78 is 6.50. The third-order valence-electron chi connectivity index (χ3n) is 3.91. The fourth-order valence-electron chi connectivity index (χ4n) is 2.52. The van der Waals surface area contributed by atoms with Crippen LogP contribution in [0, 0.1) is 6.92 Å². The number of benzene rings is 2. The number of para-hydroxylation sites is 1. The van der Waals surface area contributed by atoms with E-state index < -0.39 is 18.1 Å². The zero-order chi connectivity index (χ0) is 21.0. The molecular formula is C19H17BrN4O5. The largest absolute Gasteiger partial charge is 0.506 e. The highest BCUT2D eigenvalue weighted by Gasteiger charge is 2.11. The molecule has 2 N–H and O–H groups in total. The number of nitrogens with one attached hydrogen (secondary N) is 1. The summed E-state index contributed by atoms with van der Waals surface area (Å²) in [7, 11) is 1.49. The molecule has 3 rings (SSSR count). The summed E-state index contributed by atoms with van der Waals surface area (Å²) in [6, 6.07) is 10.0. The number of rotatable bonds is 6. The number of hydrogen-bond donors (Lipinski definition) is 2. The number of methoxy groups -OCH3 is 1. The maximum Gasteiger partial charge on any atom is 0.294 e. The average molecular weight is 461 g/mol. The van der Waals surface area contributed by atoms with Crippen LogP contribution in [0.25, 0.3) is 10.9 Å². The van der Waals surface area contributed by atoms with Crippen LogP contribution in [-0.4, -0.2) is 40.7 Å². The molecule has 10 heteroatoms. The maximum absolute atomic E-state index is 12.5. The van der Waals surface area contributed by atoms with Crippen molar-refractivity contribution in [1.82, 2.24) is 15.1 Å². The first-order valence-corrected chi connectivity index (χ1v) is 9.20. The van der Waals surface area contributed by atoms with Gasteiger partial charge in [-0.25, -0.2) is 10.4 Å². The fraction of sp³-hybridized carbons (Fsp3) is 0.158. The number of amides is 1. The Kier molecular flexibility index (Phi) is 6.13. The summed E-state index contributed by atoms with van der Waals surface area (Å²) in [5, 5.41) is 14.2. The molecule has 150 valence electrons. The average Bonchev–Trinajstić information content (AvgIpc) is 2.70. The predicted molar refractivity (Wildman–Crippen MR) is 110 cm³/mol. The molecule has 0 fully saturated rings. The summed E-state index contributed by atoms with van der Waals surface area (Å²) in [6.07, 6.45) is 1.26. The lowest BCUT2D eigenvalue weighted by molar-refractivity contribution is -0.126. The second-order valence-corrected chi connectivity index (χ2v) is 6.74. The van der Waals surface area contributed by atoms with Crippen LogP contribution < -0.4 is 20.6 Å². The van der Waals surface area contributed by atoms with Gasteiger partial charge in [-0.3, -0.25) is 9.59 Å². The molecule has 29 heavy (non-hydrogen) atoms. The van der Waals surface area contributed by atoms with Crippen molar-refractivity contribution in [3.05, 3.63) is 62.6 Å². The van der Waals surface area contributed by atoms with Crippen molar-refractivity contribution in [2.45, 2.75) is 6.92 Å². The zero-order valence-electron chi connectivity index (χ0n) is 15.5. The third-order valence-corrected chi connectivity index (χ3v) is 4.52. The Hall–Kier alpha value is -3.40. The van der Waals surface area contributed by atoms with Crippen LogP contribution in [0.5, 0.6) is 11.5 Å². The van der Waals surface area contributed by atoms with E-state index in [0.717, 1.165) is 4.73 Å². The molecule has 0 aliphatic rings. The first kappa shape index (κ1) is 20.3. The van der Waals surface area contributed by atoms with Crippen LogP contribution in [0.1, 0.15) is 11.4 Å². The number of aromatic hydroxyl groups is 1. The Balaban J connectivity index is 1.67. The van der Waals surface area contributed by atoms with Crippen LogP contribution in [0.15, 0.2) is 50.8 Å². The Morgan fingerprint density at radius 1 is 1.38 bits per heavy atom. The predicted octanol–water partition coefficient (Wildman–Crippen LogP) is 1.76. The number of aryl methyl sites for hydroxylation is 1. The molecule has 1 amide bonds. The molecule has 1 heterocycles. The van der Waals surface area contributed by atoms with Crippen molar-refractivity contribution in [2.24, 2.45) is 5.10 Å². The molecule has 1 aromatic heterocycles. The minimum Gasteiger partial charge on any atom is -0.506 e. The smallest absolute Gasteiger partial charge is 0.294 e. The number of phenolic OH excluding ortho intramolecular Hbond substituents is 1. The van der Waals surface area contributed by atoms with E-state index in [1.165, 1.54) is 13.3 Å². The van der Waals surface area contributed by atoms with Crippen molar-refractivity contribution < 1.29 is 19.5 Å². The Morgan fingerprint density at radius 2 is 2.14 bits per heavy atom. The number of nitrogens with zero attached hydrogens (tertiary/aromatic N) is 3. The molecule has 3 aromatic rings. The summed E-state index contributed by atoms with van der Waals surface area (Å²) >= 11 is 3.20. The van der Waals surface area contributed by atoms with Gasteiger partial charge < -0.3 is 14.7 Å². The van der Waals surface area contributed by atoms with Gasteiger partial charge in [0.2, 0.25) is 0 Å². The van der Waals surface area contributed by atoms with Gasteiger partial charge in [0.25, 0.3) is 11.5 Å². The monoisotopic (exact) mass is 460 g/mol. The summed E-state index contributed by atoms with van der Waals surface area (Å²) in [5.74, 6) is 0.173. The van der Waals surface area contributed by atoms with Crippen LogP contribution in [-0.2, 0) is 4.79 Å². The van der Waals surface area contributed by atoms with Crippen molar-refractivity contribution >= 4 is 39.0 Å². The lowest BCUT2D eigenvalue weighted by Crippen LogP contribution is -2.35. The summed E-state index contributed by atoms with van der Waals surface area (Å²) in [5.41, 5.74) is 2.74. The standard InChI is InChI=1S/C19H17BrN4O5/c1-11-22-16-6-4-3-5-14(16)19(27)24(11)29-10-17(25)23-21-9-12-7-13(28-2)8-15(20)18(12)26/h3-9,26H,10H2,1-2H3,(H,23,25)/b21-9+. The SMILES string of the molecule is COc1cc(Br)c(O)c(/C=N/NC(=O)COn2c(C)nc3ccccc3c2=O)c1. The molecule has 0 aliphatic heterocycles. The third kappa shape index (κ3) is 4.54. The highest BCUT2D eigenvalue weighted by Crippen LogP contribution is 2.31. The zero-order valence-corrected chi connectivity index (χ0v) is 17.1. The summed E-state index contributed by atoms with van der Waals surface area (Å²) in [6.45, 7) is 1.15. The molecule has 0 atom stereocenters. The van der Waals surface area contributed by atoms with Crippen molar-refractivity contribution in [2.75, 3.05) is 13.7 Å². The van der Waals surface area contributed by atoms with Gasteiger partial charge in [0.05, 0.1) is 28.7 Å². The molecule has 2 aromatic carbocycles. The number of phenols is 1. The van der Waals surface area contributed by atoms with E-state index in [0.29, 0.717) is 32.5 Å². The highest BCUT2D eigenvalue weighted by atomic mass is 79.9. The molecule has 0 saturated carbocycles. The number of ether oxygens (including phenoxy) is 1. The van der Waals surface area contributed by atoms with Crippen LogP contribution in [0.3, 0.4) is 0 Å². The molecule has 0 unspecified atom stereocenters. The van der Waals surface area contributed by atoms with Crippen molar-refractivity contribution in [3.8, 4) is 11.5 Å². The number of carbonyl (C=O) groups excluding carboxylic acids is 1. The molecule has 9 nitrogen and oxygen atoms in total. The summed E-state index contributed by atoms with van der Waals surface area (Å²) in [4.78, 5) is 34.1. The fourth-order valence-corrected chi connectivity index (χ4v) is 2.97. The molecule has 0 saturated heterocycles. The molecule has 0 aliphatic carbocycles. The first-order chi connectivity index (χ1) is 13.9. The second kappa shape index (κ2) is 8.74. The van der Waals surface area contributed by atoms with Gasteiger partial charge in [-0.05, 0) is 47.1 Å². The molecular weight excluding hydrogens is 444 g/mol. The highest BCUT2D eigenvalue weighted by molar-refractivity contribution is 9.10. The molecule has 0 bridgehead atoms. The van der Waals surface area contributed by atoms with Gasteiger partial charge in [0.15, 0.2) is 6.61 Å².